The molecule has 2 aliphatic heterocycles. The van der Waals surface area contributed by atoms with Gasteiger partial charge in [0, 0.05) is 13.6 Å². The Balaban J connectivity index is 2.07. The van der Waals surface area contributed by atoms with Crippen LogP contribution in [0.5, 0.6) is 0 Å². The van der Waals surface area contributed by atoms with Gasteiger partial charge < -0.3 is 0 Å². The first-order chi connectivity index (χ1) is 10.9. The maximum absolute atomic E-state index is 12.9. The molecule has 0 bridgehead atoms. The highest BCUT2D eigenvalue weighted by atomic mass is 16.2. The summed E-state index contributed by atoms with van der Waals surface area (Å²) in [5, 5.41) is 0. The SMILES string of the molecule is C=CCn1c(C)c[n+]2c1N=C1C2C(=O)N(CC(C)C)C(=O)N1C. The van der Waals surface area contributed by atoms with Crippen LogP contribution in [0.1, 0.15) is 25.6 Å². The first-order valence-electron chi connectivity index (χ1n) is 7.76. The first kappa shape index (κ1) is 15.5. The van der Waals surface area contributed by atoms with Gasteiger partial charge in [-0.05, 0) is 12.8 Å². The standard InChI is InChI=1S/C16H22N5O2/c1-6-7-19-11(4)9-20-12-13(17-15(19)20)18(5)16(23)21(14(12)22)8-10(2)3/h6,9-10,12H,1,7-8H2,2-5H3/q+1. The number of likely N-dealkylation sites (N-methyl/N-ethyl adjacent to an activating group) is 1. The Morgan fingerprint density at radius 3 is 2.74 bits per heavy atom. The fourth-order valence-corrected chi connectivity index (χ4v) is 3.12. The molecule has 1 aromatic heterocycles. The van der Waals surface area contributed by atoms with Crippen LogP contribution in [0.15, 0.2) is 23.8 Å². The molecule has 2 aliphatic rings. The average molecular weight is 316 g/mol. The molecule has 0 aromatic carbocycles. The molecular weight excluding hydrogens is 294 g/mol. The second kappa shape index (κ2) is 5.33. The minimum Gasteiger partial charge on any atom is -0.270 e. The van der Waals surface area contributed by atoms with Gasteiger partial charge in [0.25, 0.3) is 5.91 Å². The Bertz CT molecular complexity index is 731. The van der Waals surface area contributed by atoms with Crippen molar-refractivity contribution in [1.82, 2.24) is 14.4 Å². The predicted molar refractivity (Wildman–Crippen MR) is 85.4 cm³/mol. The van der Waals surface area contributed by atoms with E-state index in [0.29, 0.717) is 24.9 Å². The summed E-state index contributed by atoms with van der Waals surface area (Å²) in [5.41, 5.74) is 1.01. The number of imidazole rings is 1. The minimum absolute atomic E-state index is 0.208. The van der Waals surface area contributed by atoms with Gasteiger partial charge in [-0.25, -0.2) is 13.9 Å². The summed E-state index contributed by atoms with van der Waals surface area (Å²) in [6, 6.07) is -0.868. The molecule has 1 unspecified atom stereocenters. The van der Waals surface area contributed by atoms with Crippen molar-refractivity contribution >= 4 is 23.7 Å². The molecule has 1 atom stereocenters. The van der Waals surface area contributed by atoms with E-state index in [1.807, 2.05) is 36.1 Å². The number of hydrogen-bond donors (Lipinski definition) is 0. The number of carbonyl (C=O) groups is 2. The molecule has 122 valence electrons. The molecule has 1 aromatic rings. The van der Waals surface area contributed by atoms with Gasteiger partial charge in [0.2, 0.25) is 11.9 Å². The molecule has 7 heteroatoms. The van der Waals surface area contributed by atoms with Crippen molar-refractivity contribution in [2.75, 3.05) is 13.6 Å². The first-order valence-corrected chi connectivity index (χ1v) is 7.76. The number of allylic oxidation sites excluding steroid dienone is 1. The number of urea groups is 1. The average Bonchev–Trinajstić information content (AvgIpc) is 2.98. The zero-order valence-electron chi connectivity index (χ0n) is 14.0. The number of fused-ring (bicyclic) bond motifs is 3. The van der Waals surface area contributed by atoms with Crippen LogP contribution < -0.4 is 4.57 Å². The van der Waals surface area contributed by atoms with E-state index < -0.39 is 6.04 Å². The second-order valence-corrected chi connectivity index (χ2v) is 6.43. The quantitative estimate of drug-likeness (QED) is 0.623. The van der Waals surface area contributed by atoms with E-state index in [0.717, 1.165) is 5.69 Å². The van der Waals surface area contributed by atoms with E-state index in [9.17, 15) is 9.59 Å². The predicted octanol–water partition coefficient (Wildman–Crippen LogP) is 1.40. The summed E-state index contributed by atoms with van der Waals surface area (Å²) in [6.07, 6.45) is 3.70. The van der Waals surface area contributed by atoms with Crippen molar-refractivity contribution in [1.29, 1.82) is 0 Å². The van der Waals surface area contributed by atoms with Crippen LogP contribution in [0.25, 0.3) is 0 Å². The lowest BCUT2D eigenvalue weighted by Gasteiger charge is -2.33. The van der Waals surface area contributed by atoms with Crippen molar-refractivity contribution in [3.8, 4) is 0 Å². The van der Waals surface area contributed by atoms with Gasteiger partial charge in [-0.2, -0.15) is 0 Å². The van der Waals surface area contributed by atoms with E-state index in [4.69, 9.17) is 0 Å². The highest BCUT2D eigenvalue weighted by molar-refractivity contribution is 6.19. The molecule has 7 nitrogen and oxygen atoms in total. The normalized spacial score (nSPS) is 20.0. The van der Waals surface area contributed by atoms with Gasteiger partial charge in [-0.1, -0.05) is 31.5 Å². The minimum atomic E-state index is -0.559. The van der Waals surface area contributed by atoms with Crippen LogP contribution in [0.3, 0.4) is 0 Å². The summed E-state index contributed by atoms with van der Waals surface area (Å²) in [4.78, 5) is 32.7. The Morgan fingerprint density at radius 2 is 2.13 bits per heavy atom. The number of rotatable bonds is 4. The van der Waals surface area contributed by atoms with Gasteiger partial charge in [0.1, 0.15) is 11.9 Å². The topological polar surface area (TPSA) is 61.8 Å². The zero-order valence-corrected chi connectivity index (χ0v) is 14.0. The fourth-order valence-electron chi connectivity index (χ4n) is 3.12. The second-order valence-electron chi connectivity index (χ2n) is 6.43. The Hall–Kier alpha value is -2.44. The molecule has 0 N–H and O–H groups in total. The molecular formula is C16H22N5O2+. The van der Waals surface area contributed by atoms with E-state index in [1.165, 1.54) is 9.80 Å². The molecule has 3 amide bonds. The largest absolute Gasteiger partial charge is 0.402 e. The lowest BCUT2D eigenvalue weighted by molar-refractivity contribution is -0.677. The molecule has 3 heterocycles. The number of aliphatic imine (C=N–C) groups is 1. The highest BCUT2D eigenvalue weighted by Crippen LogP contribution is 2.29. The molecule has 3 rings (SSSR count). The van der Waals surface area contributed by atoms with Crippen molar-refractivity contribution < 1.29 is 14.2 Å². The van der Waals surface area contributed by atoms with Crippen LogP contribution in [0, 0.1) is 12.8 Å². The molecule has 1 saturated heterocycles. The molecule has 1 fully saturated rings. The third kappa shape index (κ3) is 2.18. The van der Waals surface area contributed by atoms with Gasteiger partial charge in [0.05, 0.1) is 6.54 Å². The number of amidine groups is 1. The van der Waals surface area contributed by atoms with Crippen LogP contribution in [0.4, 0.5) is 10.7 Å². The lowest BCUT2D eigenvalue weighted by Crippen LogP contribution is -2.63. The van der Waals surface area contributed by atoms with Crippen molar-refractivity contribution in [2.24, 2.45) is 10.9 Å². The van der Waals surface area contributed by atoms with Crippen LogP contribution in [0.2, 0.25) is 0 Å². The van der Waals surface area contributed by atoms with E-state index in [2.05, 4.69) is 11.6 Å². The third-order valence-electron chi connectivity index (χ3n) is 4.18. The zero-order chi connectivity index (χ0) is 16.9. The molecule has 0 saturated carbocycles. The summed E-state index contributed by atoms with van der Waals surface area (Å²) in [6.45, 7) is 10.7. The van der Waals surface area contributed by atoms with Crippen LogP contribution >= 0.6 is 0 Å². The molecule has 23 heavy (non-hydrogen) atoms. The number of imide groups is 1. The molecule has 0 aliphatic carbocycles. The van der Waals surface area contributed by atoms with Crippen molar-refractivity contribution in [3.63, 3.8) is 0 Å². The van der Waals surface area contributed by atoms with E-state index in [-0.39, 0.29) is 17.9 Å². The van der Waals surface area contributed by atoms with Crippen LogP contribution in [-0.4, -0.2) is 45.7 Å². The van der Waals surface area contributed by atoms with Gasteiger partial charge in [-0.15, -0.1) is 0 Å². The van der Waals surface area contributed by atoms with Crippen LogP contribution in [-0.2, 0) is 11.3 Å². The maximum atomic E-state index is 12.9. The number of carbonyl (C=O) groups excluding carboxylic acids is 2. The maximum Gasteiger partial charge on any atom is 0.402 e. The number of aryl methyl sites for hydroxylation is 1. The fraction of sp³-hybridized carbons (Fsp3) is 0.500. The summed E-state index contributed by atoms with van der Waals surface area (Å²) in [5.74, 6) is 1.18. The number of aromatic nitrogens is 2. The number of nitrogens with zero attached hydrogens (tertiary/aromatic N) is 5. The van der Waals surface area contributed by atoms with Crippen molar-refractivity contribution in [3.05, 3.63) is 24.5 Å². The summed E-state index contributed by atoms with van der Waals surface area (Å²) in [7, 11) is 1.67. The van der Waals surface area contributed by atoms with Crippen molar-refractivity contribution in [2.45, 2.75) is 33.4 Å². The Kier molecular flexibility index (Phi) is 3.58. The van der Waals surface area contributed by atoms with Gasteiger partial charge in [-0.3, -0.25) is 14.6 Å². The smallest absolute Gasteiger partial charge is 0.270 e. The Labute approximate surface area is 135 Å². The van der Waals surface area contributed by atoms with E-state index in [1.54, 1.807) is 13.1 Å². The lowest BCUT2D eigenvalue weighted by atomic mass is 10.1. The highest BCUT2D eigenvalue weighted by Gasteiger charge is 2.53. The Morgan fingerprint density at radius 1 is 1.43 bits per heavy atom. The summed E-state index contributed by atoms with van der Waals surface area (Å²) < 4.78 is 3.84. The van der Waals surface area contributed by atoms with Gasteiger partial charge in [0.15, 0.2) is 0 Å². The number of hydrogen-bond acceptors (Lipinski definition) is 3. The van der Waals surface area contributed by atoms with Gasteiger partial charge >= 0.3 is 12.0 Å². The number of amides is 3. The molecule has 0 spiro atoms. The van der Waals surface area contributed by atoms with E-state index >= 15 is 0 Å². The molecule has 0 radical (unpaired) electrons. The third-order valence-corrected chi connectivity index (χ3v) is 4.18. The summed E-state index contributed by atoms with van der Waals surface area (Å²) >= 11 is 0. The monoisotopic (exact) mass is 316 g/mol.